The molecule has 0 aromatic carbocycles. The normalized spacial score (nSPS) is 16.4. The SMILES string of the molecule is CC(C)(C)CC(=O)NC1CCN(C(=O)CCc2cccs2)CC1. The highest BCUT2D eigenvalue weighted by Gasteiger charge is 2.25. The van der Waals surface area contributed by atoms with Crippen molar-refractivity contribution in [2.45, 2.75) is 58.9 Å². The Bertz CT molecular complexity index is 512. The van der Waals surface area contributed by atoms with Crippen molar-refractivity contribution in [3.8, 4) is 0 Å². The number of hydrogen-bond acceptors (Lipinski definition) is 3. The minimum atomic E-state index is 0.0164. The van der Waals surface area contributed by atoms with E-state index in [0.717, 1.165) is 32.4 Å². The summed E-state index contributed by atoms with van der Waals surface area (Å²) in [4.78, 5) is 27.4. The Morgan fingerprint density at radius 1 is 1.30 bits per heavy atom. The van der Waals surface area contributed by atoms with Crippen LogP contribution in [0.4, 0.5) is 0 Å². The number of likely N-dealkylation sites (tertiary alicyclic amines) is 1. The Balaban J connectivity index is 1.69. The molecule has 1 saturated heterocycles. The van der Waals surface area contributed by atoms with Gasteiger partial charge in [-0.15, -0.1) is 11.3 Å². The Hall–Kier alpha value is -1.36. The number of nitrogens with one attached hydrogen (secondary N) is 1. The van der Waals surface area contributed by atoms with E-state index < -0.39 is 0 Å². The second-order valence-corrected chi connectivity index (χ2v) is 8.57. The molecule has 0 spiro atoms. The van der Waals surface area contributed by atoms with E-state index in [4.69, 9.17) is 0 Å². The molecule has 2 rings (SSSR count). The number of rotatable bonds is 5. The van der Waals surface area contributed by atoms with E-state index in [1.54, 1.807) is 11.3 Å². The van der Waals surface area contributed by atoms with E-state index >= 15 is 0 Å². The molecule has 1 aromatic heterocycles. The fraction of sp³-hybridized carbons (Fsp3) is 0.667. The summed E-state index contributed by atoms with van der Waals surface area (Å²) in [5.41, 5.74) is 0.0164. The van der Waals surface area contributed by atoms with E-state index in [-0.39, 0.29) is 23.3 Å². The smallest absolute Gasteiger partial charge is 0.222 e. The van der Waals surface area contributed by atoms with Gasteiger partial charge >= 0.3 is 0 Å². The third kappa shape index (κ3) is 6.34. The highest BCUT2D eigenvalue weighted by Crippen LogP contribution is 2.19. The first-order valence-corrected chi connectivity index (χ1v) is 9.31. The number of hydrogen-bond donors (Lipinski definition) is 1. The van der Waals surface area contributed by atoms with E-state index in [2.05, 4.69) is 32.2 Å². The number of carbonyl (C=O) groups excluding carboxylic acids is 2. The average Bonchev–Trinajstić information content (AvgIpc) is 2.96. The molecular formula is C18H28N2O2S. The number of aryl methyl sites for hydroxylation is 1. The average molecular weight is 337 g/mol. The van der Waals surface area contributed by atoms with Gasteiger partial charge in [0.25, 0.3) is 0 Å². The topological polar surface area (TPSA) is 49.4 Å². The zero-order valence-corrected chi connectivity index (χ0v) is 15.2. The van der Waals surface area contributed by atoms with Crippen LogP contribution in [0.3, 0.4) is 0 Å². The highest BCUT2D eigenvalue weighted by atomic mass is 32.1. The van der Waals surface area contributed by atoms with Crippen LogP contribution in [-0.4, -0.2) is 35.8 Å². The minimum Gasteiger partial charge on any atom is -0.353 e. The van der Waals surface area contributed by atoms with Gasteiger partial charge in [-0.1, -0.05) is 26.8 Å². The van der Waals surface area contributed by atoms with Crippen molar-refractivity contribution in [3.05, 3.63) is 22.4 Å². The summed E-state index contributed by atoms with van der Waals surface area (Å²) in [6.07, 6.45) is 3.69. The molecule has 4 nitrogen and oxygen atoms in total. The zero-order valence-electron chi connectivity index (χ0n) is 14.4. The number of piperidine rings is 1. The van der Waals surface area contributed by atoms with Gasteiger partial charge in [-0.2, -0.15) is 0 Å². The molecule has 23 heavy (non-hydrogen) atoms. The number of carbonyl (C=O) groups is 2. The summed E-state index contributed by atoms with van der Waals surface area (Å²) < 4.78 is 0. The van der Waals surface area contributed by atoms with Gasteiger partial charge in [0.05, 0.1) is 0 Å². The second-order valence-electron chi connectivity index (χ2n) is 7.54. The van der Waals surface area contributed by atoms with Gasteiger partial charge in [0.15, 0.2) is 0 Å². The minimum absolute atomic E-state index is 0.0164. The van der Waals surface area contributed by atoms with Gasteiger partial charge in [0, 0.05) is 36.9 Å². The van der Waals surface area contributed by atoms with Gasteiger partial charge in [-0.25, -0.2) is 0 Å². The van der Waals surface area contributed by atoms with E-state index in [9.17, 15) is 9.59 Å². The molecule has 0 bridgehead atoms. The summed E-state index contributed by atoms with van der Waals surface area (Å²) in [7, 11) is 0. The third-order valence-electron chi connectivity index (χ3n) is 4.07. The molecule has 128 valence electrons. The molecule has 1 N–H and O–H groups in total. The Kier molecular flexibility index (Phi) is 6.22. The molecule has 0 atom stereocenters. The zero-order chi connectivity index (χ0) is 16.9. The van der Waals surface area contributed by atoms with Crippen molar-refractivity contribution in [3.63, 3.8) is 0 Å². The van der Waals surface area contributed by atoms with Crippen LogP contribution in [0.2, 0.25) is 0 Å². The third-order valence-corrected chi connectivity index (χ3v) is 5.01. The van der Waals surface area contributed by atoms with E-state index in [1.165, 1.54) is 4.88 Å². The maximum atomic E-state index is 12.3. The molecule has 0 radical (unpaired) electrons. The van der Waals surface area contributed by atoms with Crippen LogP contribution in [0.15, 0.2) is 17.5 Å². The summed E-state index contributed by atoms with van der Waals surface area (Å²) >= 11 is 1.70. The summed E-state index contributed by atoms with van der Waals surface area (Å²) in [5.74, 6) is 0.359. The molecule has 2 heterocycles. The van der Waals surface area contributed by atoms with Crippen molar-refractivity contribution in [1.29, 1.82) is 0 Å². The van der Waals surface area contributed by atoms with Crippen molar-refractivity contribution >= 4 is 23.2 Å². The molecular weight excluding hydrogens is 308 g/mol. The summed E-state index contributed by atoms with van der Waals surface area (Å²) in [6, 6.07) is 4.32. The van der Waals surface area contributed by atoms with E-state index in [1.807, 2.05) is 16.3 Å². The summed E-state index contributed by atoms with van der Waals surface area (Å²) in [6.45, 7) is 7.72. The van der Waals surface area contributed by atoms with Gasteiger partial charge in [0.2, 0.25) is 11.8 Å². The Morgan fingerprint density at radius 2 is 2.00 bits per heavy atom. The van der Waals surface area contributed by atoms with Gasteiger partial charge < -0.3 is 10.2 Å². The lowest BCUT2D eigenvalue weighted by molar-refractivity contribution is -0.132. The number of thiophene rings is 1. The quantitative estimate of drug-likeness (QED) is 0.897. The first kappa shape index (κ1) is 18.0. The lowest BCUT2D eigenvalue weighted by Crippen LogP contribution is -2.47. The van der Waals surface area contributed by atoms with Gasteiger partial charge in [-0.05, 0) is 36.1 Å². The fourth-order valence-electron chi connectivity index (χ4n) is 2.88. The molecule has 0 saturated carbocycles. The molecule has 5 heteroatoms. The molecule has 1 fully saturated rings. The first-order valence-electron chi connectivity index (χ1n) is 8.43. The maximum Gasteiger partial charge on any atom is 0.222 e. The Labute approximate surface area is 143 Å². The van der Waals surface area contributed by atoms with Crippen molar-refractivity contribution in [1.82, 2.24) is 10.2 Å². The van der Waals surface area contributed by atoms with E-state index in [0.29, 0.717) is 12.8 Å². The van der Waals surface area contributed by atoms with Crippen molar-refractivity contribution < 1.29 is 9.59 Å². The summed E-state index contributed by atoms with van der Waals surface area (Å²) in [5, 5.41) is 5.16. The molecule has 2 amide bonds. The maximum absolute atomic E-state index is 12.3. The molecule has 1 aromatic rings. The van der Waals surface area contributed by atoms with Crippen LogP contribution < -0.4 is 5.32 Å². The molecule has 0 unspecified atom stereocenters. The fourth-order valence-corrected chi connectivity index (χ4v) is 3.59. The van der Waals surface area contributed by atoms with Crippen LogP contribution in [0.5, 0.6) is 0 Å². The standard InChI is InChI=1S/C18H28N2O2S/c1-18(2,3)13-16(21)19-14-8-10-20(11-9-14)17(22)7-6-15-5-4-12-23-15/h4-5,12,14H,6-11,13H2,1-3H3,(H,19,21). The van der Waals surface area contributed by atoms with Crippen LogP contribution in [0.1, 0.15) is 51.3 Å². The lowest BCUT2D eigenvalue weighted by atomic mass is 9.91. The second kappa shape index (κ2) is 7.95. The molecule has 1 aliphatic rings. The van der Waals surface area contributed by atoms with Gasteiger partial charge in [0.1, 0.15) is 0 Å². The lowest BCUT2D eigenvalue weighted by Gasteiger charge is -2.33. The predicted molar refractivity (Wildman–Crippen MR) is 94.5 cm³/mol. The largest absolute Gasteiger partial charge is 0.353 e. The van der Waals surface area contributed by atoms with Crippen molar-refractivity contribution in [2.24, 2.45) is 5.41 Å². The monoisotopic (exact) mass is 336 g/mol. The van der Waals surface area contributed by atoms with Crippen LogP contribution >= 0.6 is 11.3 Å². The first-order chi connectivity index (χ1) is 10.8. The van der Waals surface area contributed by atoms with Gasteiger partial charge in [-0.3, -0.25) is 9.59 Å². The molecule has 0 aliphatic carbocycles. The van der Waals surface area contributed by atoms with Crippen molar-refractivity contribution in [2.75, 3.05) is 13.1 Å². The molecule has 1 aliphatic heterocycles. The predicted octanol–water partition coefficient (Wildman–Crippen LogP) is 3.22. The highest BCUT2D eigenvalue weighted by molar-refractivity contribution is 7.09. The number of nitrogens with zero attached hydrogens (tertiary/aromatic N) is 1. The van der Waals surface area contributed by atoms with Crippen LogP contribution in [-0.2, 0) is 16.0 Å². The number of amides is 2. The van der Waals surface area contributed by atoms with Crippen LogP contribution in [0.25, 0.3) is 0 Å². The Morgan fingerprint density at radius 3 is 2.57 bits per heavy atom. The van der Waals surface area contributed by atoms with Crippen LogP contribution in [0, 0.1) is 5.41 Å².